The van der Waals surface area contributed by atoms with Gasteiger partial charge in [0.2, 0.25) is 0 Å². The number of para-hydroxylation sites is 1. The summed E-state index contributed by atoms with van der Waals surface area (Å²) in [5, 5.41) is 4.73. The van der Waals surface area contributed by atoms with Gasteiger partial charge in [-0.15, -0.1) is 0 Å². The van der Waals surface area contributed by atoms with Crippen molar-refractivity contribution < 1.29 is 4.42 Å². The molecule has 0 amide bonds. The van der Waals surface area contributed by atoms with Crippen LogP contribution >= 0.6 is 0 Å². The van der Waals surface area contributed by atoms with Crippen molar-refractivity contribution in [3.63, 3.8) is 0 Å². The summed E-state index contributed by atoms with van der Waals surface area (Å²) in [6.45, 7) is 9.42. The number of hydrogen-bond donors (Lipinski definition) is 0. The van der Waals surface area contributed by atoms with E-state index in [-0.39, 0.29) is 10.8 Å². The van der Waals surface area contributed by atoms with Crippen molar-refractivity contribution >= 4 is 32.7 Å². The van der Waals surface area contributed by atoms with Crippen molar-refractivity contribution in [2.75, 3.05) is 0 Å². The van der Waals surface area contributed by atoms with Crippen molar-refractivity contribution in [3.05, 3.63) is 287 Å². The van der Waals surface area contributed by atoms with E-state index in [9.17, 15) is 0 Å². The van der Waals surface area contributed by atoms with E-state index in [1.54, 1.807) is 0 Å². The van der Waals surface area contributed by atoms with E-state index in [4.69, 9.17) is 4.42 Å². The number of fused-ring (bicyclic) bond motifs is 22. The van der Waals surface area contributed by atoms with Gasteiger partial charge < -0.3 is 4.42 Å². The van der Waals surface area contributed by atoms with Gasteiger partial charge in [0.05, 0.1) is 5.41 Å². The highest BCUT2D eigenvalue weighted by Gasteiger charge is 2.54. The van der Waals surface area contributed by atoms with Gasteiger partial charge in [0.15, 0.2) is 0 Å². The maximum absolute atomic E-state index is 7.39. The summed E-state index contributed by atoms with van der Waals surface area (Å²) in [6.07, 6.45) is 0. The third-order valence-electron chi connectivity index (χ3n) is 18.9. The molecule has 1 heterocycles. The van der Waals surface area contributed by atoms with E-state index in [1.807, 2.05) is 0 Å². The molecule has 0 atom stereocenters. The SMILES string of the molecule is CC1(C)c2ccccc2-c2cc(-c3ccc(-c4cc5c(c6ccccc46)-c4c(cc(-c6cccc(-c7ccc8c(c7)-c7ccccc7C8(C)C)c6)c6c4oc4ccccc46)C54c5ccccc5-c5ccccc54)cc3)ccc21. The highest BCUT2D eigenvalue weighted by molar-refractivity contribution is 6.22. The summed E-state index contributed by atoms with van der Waals surface area (Å²) in [5.41, 5.74) is 31.8. The van der Waals surface area contributed by atoms with Crippen LogP contribution in [0.2, 0.25) is 0 Å². The Bertz CT molecular complexity index is 4740. The van der Waals surface area contributed by atoms with Gasteiger partial charge in [-0.25, -0.2) is 0 Å². The first-order valence-electron chi connectivity index (χ1n) is 27.6. The second kappa shape index (κ2) is 15.4. The Morgan fingerprint density at radius 1 is 0.256 bits per heavy atom. The van der Waals surface area contributed by atoms with Crippen molar-refractivity contribution in [1.82, 2.24) is 0 Å². The maximum Gasteiger partial charge on any atom is 0.144 e. The molecule has 4 aliphatic carbocycles. The molecule has 17 rings (SSSR count). The first-order valence-corrected chi connectivity index (χ1v) is 27.6. The fourth-order valence-electron chi connectivity index (χ4n) is 15.3. The first-order chi connectivity index (χ1) is 38.2. The van der Waals surface area contributed by atoms with E-state index >= 15 is 0 Å². The molecule has 4 aliphatic rings. The van der Waals surface area contributed by atoms with Gasteiger partial charge in [-0.05, 0) is 175 Å². The standard InChI is InChI=1S/C77H52O/c1-75(2)62-27-12-7-23-54(62)60-41-48(36-38-64(60)75)45-32-34-46(35-33-45)58-43-68-72(56-25-6-5-20-51(56)58)73-69(77(68)66-29-14-9-21-52(66)53-22-10-15-30-67(53)77)44-59(71-57-26-11-16-31-70(57)78-74(71)73)50-19-17-18-47(40-50)49-37-39-65-61(42-49)55-24-8-13-28-63(55)76(65,3)4/h5-44H,1-4H3. The summed E-state index contributed by atoms with van der Waals surface area (Å²) in [4.78, 5) is 0. The minimum absolute atomic E-state index is 0.0297. The molecule has 0 N–H and O–H groups in total. The maximum atomic E-state index is 7.39. The molecule has 1 aromatic heterocycles. The molecule has 0 saturated heterocycles. The van der Waals surface area contributed by atoms with Crippen LogP contribution in [0.25, 0.3) is 122 Å². The van der Waals surface area contributed by atoms with Gasteiger partial charge >= 0.3 is 0 Å². The average molecular weight is 993 g/mol. The third-order valence-corrected chi connectivity index (χ3v) is 18.9. The zero-order chi connectivity index (χ0) is 51.8. The van der Waals surface area contributed by atoms with Gasteiger partial charge in [-0.3, -0.25) is 0 Å². The summed E-state index contributed by atoms with van der Waals surface area (Å²) in [7, 11) is 0. The van der Waals surface area contributed by atoms with E-state index < -0.39 is 5.41 Å². The van der Waals surface area contributed by atoms with Crippen LogP contribution in [0.1, 0.15) is 72.2 Å². The highest BCUT2D eigenvalue weighted by atomic mass is 16.3. The zero-order valence-corrected chi connectivity index (χ0v) is 44.0. The van der Waals surface area contributed by atoms with Crippen LogP contribution < -0.4 is 0 Å². The Kier molecular flexibility index (Phi) is 8.68. The van der Waals surface area contributed by atoms with Gasteiger partial charge in [0.1, 0.15) is 11.2 Å². The Labute approximate surface area is 454 Å². The third kappa shape index (κ3) is 5.60. The first kappa shape index (κ1) is 43.9. The quantitative estimate of drug-likeness (QED) is 0.171. The van der Waals surface area contributed by atoms with Crippen LogP contribution in [0.5, 0.6) is 0 Å². The lowest BCUT2D eigenvalue weighted by Gasteiger charge is -2.31. The van der Waals surface area contributed by atoms with Crippen LogP contribution in [-0.2, 0) is 16.2 Å². The van der Waals surface area contributed by atoms with Crippen LogP contribution in [0.15, 0.2) is 247 Å². The van der Waals surface area contributed by atoms with E-state index in [2.05, 4.69) is 270 Å². The van der Waals surface area contributed by atoms with Crippen LogP contribution in [0.4, 0.5) is 0 Å². The minimum Gasteiger partial charge on any atom is -0.455 e. The smallest absolute Gasteiger partial charge is 0.144 e. The number of benzene rings is 12. The van der Waals surface area contributed by atoms with Crippen molar-refractivity contribution in [2.24, 2.45) is 0 Å². The van der Waals surface area contributed by atoms with E-state index in [1.165, 1.54) is 144 Å². The zero-order valence-electron chi connectivity index (χ0n) is 44.0. The largest absolute Gasteiger partial charge is 0.455 e. The number of hydrogen-bond acceptors (Lipinski definition) is 1. The Morgan fingerprint density at radius 2 is 0.692 bits per heavy atom. The lowest BCUT2D eigenvalue weighted by molar-refractivity contribution is 0.660. The van der Waals surface area contributed by atoms with Gasteiger partial charge in [-0.2, -0.15) is 0 Å². The van der Waals surface area contributed by atoms with Crippen LogP contribution in [-0.4, -0.2) is 0 Å². The van der Waals surface area contributed by atoms with Crippen molar-refractivity contribution in [3.8, 4) is 89.0 Å². The molecule has 366 valence electrons. The normalized spacial score (nSPS) is 15.0. The highest BCUT2D eigenvalue weighted by Crippen LogP contribution is 2.67. The summed E-state index contributed by atoms with van der Waals surface area (Å²) in [5.74, 6) is 0. The molecule has 1 spiro atoms. The van der Waals surface area contributed by atoms with Gasteiger partial charge in [-0.1, -0.05) is 234 Å². The molecule has 0 aliphatic heterocycles. The monoisotopic (exact) mass is 992 g/mol. The van der Waals surface area contributed by atoms with Crippen molar-refractivity contribution in [1.29, 1.82) is 0 Å². The van der Waals surface area contributed by atoms with Crippen molar-refractivity contribution in [2.45, 2.75) is 43.9 Å². The molecule has 78 heavy (non-hydrogen) atoms. The number of furan rings is 1. The topological polar surface area (TPSA) is 13.1 Å². The fourth-order valence-corrected chi connectivity index (χ4v) is 15.3. The second-order valence-corrected chi connectivity index (χ2v) is 23.4. The molecule has 0 radical (unpaired) electrons. The Hall–Kier alpha value is -9.30. The van der Waals surface area contributed by atoms with E-state index in [0.29, 0.717) is 0 Å². The molecule has 0 unspecified atom stereocenters. The molecule has 0 bridgehead atoms. The summed E-state index contributed by atoms with van der Waals surface area (Å²) < 4.78 is 7.39. The molecule has 12 aromatic carbocycles. The molecule has 1 heteroatoms. The number of rotatable bonds is 4. The Balaban J connectivity index is 0.901. The average Bonchev–Trinajstić information content (AvgIpc) is 2.94. The summed E-state index contributed by atoms with van der Waals surface area (Å²) >= 11 is 0. The second-order valence-electron chi connectivity index (χ2n) is 23.4. The predicted molar refractivity (Wildman–Crippen MR) is 324 cm³/mol. The molecule has 1 nitrogen and oxygen atoms in total. The minimum atomic E-state index is -0.648. The molecule has 0 fully saturated rings. The molecule has 13 aromatic rings. The van der Waals surface area contributed by atoms with Gasteiger partial charge in [0, 0.05) is 27.2 Å². The molecule has 0 saturated carbocycles. The summed E-state index contributed by atoms with van der Waals surface area (Å²) in [6, 6.07) is 91.9. The van der Waals surface area contributed by atoms with E-state index in [0.717, 1.165) is 21.9 Å². The van der Waals surface area contributed by atoms with Gasteiger partial charge in [0.25, 0.3) is 0 Å². The molecular weight excluding hydrogens is 941 g/mol. The fraction of sp³-hybridized carbons (Fsp3) is 0.0909. The lowest BCUT2D eigenvalue weighted by atomic mass is 9.69. The molecular formula is C77H52O. The van der Waals surface area contributed by atoms with Crippen LogP contribution in [0, 0.1) is 0 Å². The Morgan fingerprint density at radius 3 is 1.32 bits per heavy atom. The van der Waals surface area contributed by atoms with Crippen LogP contribution in [0.3, 0.4) is 0 Å². The lowest BCUT2D eigenvalue weighted by Crippen LogP contribution is -2.26. The predicted octanol–water partition coefficient (Wildman–Crippen LogP) is 20.4.